The lowest BCUT2D eigenvalue weighted by Crippen LogP contribution is -2.50. The van der Waals surface area contributed by atoms with Crippen LogP contribution in [0.4, 0.5) is 0 Å². The third-order valence-corrected chi connectivity index (χ3v) is 7.25. The van der Waals surface area contributed by atoms with E-state index in [2.05, 4.69) is 6.92 Å². The molecule has 0 aliphatic carbocycles. The zero-order valence-corrected chi connectivity index (χ0v) is 17.2. The number of hydrogen-bond acceptors (Lipinski definition) is 5. The Balaban J connectivity index is 1.56. The summed E-state index contributed by atoms with van der Waals surface area (Å²) < 4.78 is 35.7. The van der Waals surface area contributed by atoms with Gasteiger partial charge in [0.15, 0.2) is 21.3 Å². The average molecular weight is 416 g/mol. The molecule has 154 valence electrons. The van der Waals surface area contributed by atoms with Crippen molar-refractivity contribution in [2.45, 2.75) is 38.5 Å². The number of fused-ring (bicyclic) bond motifs is 1. The van der Waals surface area contributed by atoms with Crippen molar-refractivity contribution in [2.24, 2.45) is 0 Å². The van der Waals surface area contributed by atoms with E-state index in [0.29, 0.717) is 24.5 Å². The molecule has 2 aliphatic heterocycles. The van der Waals surface area contributed by atoms with Gasteiger partial charge in [0.1, 0.15) is 6.61 Å². The largest absolute Gasteiger partial charge is 0.485 e. The molecular weight excluding hydrogens is 390 g/mol. The normalized spacial score (nSPS) is 22.2. The van der Waals surface area contributed by atoms with Crippen LogP contribution in [0.3, 0.4) is 0 Å². The summed E-state index contributed by atoms with van der Waals surface area (Å²) in [5, 5.41) is 0. The van der Waals surface area contributed by atoms with E-state index in [1.165, 1.54) is 5.56 Å². The number of aryl methyl sites for hydroxylation is 1. The first-order chi connectivity index (χ1) is 13.9. The lowest BCUT2D eigenvalue weighted by atomic mass is 10.1. The summed E-state index contributed by atoms with van der Waals surface area (Å²) in [4.78, 5) is 15.0. The van der Waals surface area contributed by atoms with Gasteiger partial charge in [-0.25, -0.2) is 8.42 Å². The van der Waals surface area contributed by atoms with E-state index in [-0.39, 0.29) is 30.1 Å². The lowest BCUT2D eigenvalue weighted by Gasteiger charge is -2.34. The molecule has 7 heteroatoms. The molecule has 1 amide bonds. The Hall–Kier alpha value is -2.54. The highest BCUT2D eigenvalue weighted by molar-refractivity contribution is 7.91. The number of amides is 1. The first-order valence-corrected chi connectivity index (χ1v) is 11.7. The summed E-state index contributed by atoms with van der Waals surface area (Å²) in [7, 11) is -3.12. The van der Waals surface area contributed by atoms with Crippen LogP contribution in [0.2, 0.25) is 0 Å². The summed E-state index contributed by atoms with van der Waals surface area (Å²) in [6, 6.07) is 15.0. The minimum atomic E-state index is -3.12. The van der Waals surface area contributed by atoms with E-state index in [0.717, 1.165) is 12.0 Å². The number of ether oxygens (including phenoxy) is 2. The number of benzene rings is 2. The van der Waals surface area contributed by atoms with Crippen molar-refractivity contribution < 1.29 is 22.7 Å². The van der Waals surface area contributed by atoms with Gasteiger partial charge in [-0.1, -0.05) is 43.3 Å². The Morgan fingerprint density at radius 2 is 1.76 bits per heavy atom. The van der Waals surface area contributed by atoms with Crippen LogP contribution in [0.5, 0.6) is 11.5 Å². The van der Waals surface area contributed by atoms with Crippen molar-refractivity contribution in [2.75, 3.05) is 18.1 Å². The highest BCUT2D eigenvalue weighted by Crippen LogP contribution is 2.32. The third kappa shape index (κ3) is 4.40. The Morgan fingerprint density at radius 1 is 1.07 bits per heavy atom. The predicted octanol–water partition coefficient (Wildman–Crippen LogP) is 2.60. The van der Waals surface area contributed by atoms with Gasteiger partial charge >= 0.3 is 0 Å². The van der Waals surface area contributed by atoms with Crippen molar-refractivity contribution in [3.05, 3.63) is 59.7 Å². The zero-order chi connectivity index (χ0) is 20.4. The van der Waals surface area contributed by atoms with Crippen LogP contribution in [0.25, 0.3) is 0 Å². The van der Waals surface area contributed by atoms with Gasteiger partial charge in [0.05, 0.1) is 11.5 Å². The highest BCUT2D eigenvalue weighted by atomic mass is 32.2. The Labute approximate surface area is 171 Å². The van der Waals surface area contributed by atoms with Gasteiger partial charge in [-0.2, -0.15) is 0 Å². The maximum absolute atomic E-state index is 13.4. The molecule has 0 saturated carbocycles. The van der Waals surface area contributed by atoms with Crippen molar-refractivity contribution >= 4 is 15.7 Å². The number of carbonyl (C=O) groups is 1. The molecule has 0 radical (unpaired) electrons. The monoisotopic (exact) mass is 415 g/mol. The number of nitrogens with zero attached hydrogens (tertiary/aromatic N) is 1. The molecule has 1 fully saturated rings. The minimum Gasteiger partial charge on any atom is -0.485 e. The molecule has 0 unspecified atom stereocenters. The molecule has 0 aromatic heterocycles. The van der Waals surface area contributed by atoms with Gasteiger partial charge in [0, 0.05) is 12.6 Å². The molecule has 2 aromatic carbocycles. The molecule has 29 heavy (non-hydrogen) atoms. The Morgan fingerprint density at radius 3 is 2.41 bits per heavy atom. The fourth-order valence-corrected chi connectivity index (χ4v) is 5.54. The lowest BCUT2D eigenvalue weighted by molar-refractivity contribution is -0.143. The highest BCUT2D eigenvalue weighted by Gasteiger charge is 2.39. The zero-order valence-electron chi connectivity index (χ0n) is 16.4. The first kappa shape index (κ1) is 19.8. The molecule has 0 spiro atoms. The summed E-state index contributed by atoms with van der Waals surface area (Å²) >= 11 is 0. The number of hydrogen-bond donors (Lipinski definition) is 0. The minimum absolute atomic E-state index is 0.00402. The molecule has 0 bridgehead atoms. The molecule has 1 saturated heterocycles. The van der Waals surface area contributed by atoms with Crippen molar-refractivity contribution in [1.29, 1.82) is 0 Å². The van der Waals surface area contributed by atoms with Crippen LogP contribution in [-0.4, -0.2) is 49.5 Å². The summed E-state index contributed by atoms with van der Waals surface area (Å²) in [6.07, 6.45) is 0.602. The molecule has 2 aliphatic rings. The molecule has 2 heterocycles. The summed E-state index contributed by atoms with van der Waals surface area (Å²) in [5.74, 6) is 1.02. The third-order valence-electron chi connectivity index (χ3n) is 5.50. The predicted molar refractivity (Wildman–Crippen MR) is 110 cm³/mol. The second-order valence-electron chi connectivity index (χ2n) is 7.56. The van der Waals surface area contributed by atoms with Crippen molar-refractivity contribution in [3.63, 3.8) is 0 Å². The van der Waals surface area contributed by atoms with Gasteiger partial charge in [-0.15, -0.1) is 0 Å². The second-order valence-corrected chi connectivity index (χ2v) is 9.79. The smallest absolute Gasteiger partial charge is 0.267 e. The maximum atomic E-state index is 13.4. The van der Waals surface area contributed by atoms with Gasteiger partial charge in [0.2, 0.25) is 6.10 Å². The maximum Gasteiger partial charge on any atom is 0.267 e. The quantitative estimate of drug-likeness (QED) is 0.751. The molecule has 4 rings (SSSR count). The fourth-order valence-electron chi connectivity index (χ4n) is 3.81. The van der Waals surface area contributed by atoms with Crippen LogP contribution in [0, 0.1) is 0 Å². The van der Waals surface area contributed by atoms with Crippen LogP contribution < -0.4 is 9.47 Å². The van der Waals surface area contributed by atoms with Gasteiger partial charge in [-0.3, -0.25) is 4.79 Å². The van der Waals surface area contributed by atoms with Gasteiger partial charge in [-0.05, 0) is 36.1 Å². The molecular formula is C22H25NO5S. The standard InChI is InChI=1S/C22H25NO5S/c1-2-16-7-9-17(10-8-16)13-23(18-11-12-29(25,26)15-18)22(24)21-14-27-19-5-3-4-6-20(19)28-21/h3-10,18,21H,2,11-15H2,1H3/t18-,21+/m1/s1. The van der Waals surface area contributed by atoms with E-state index in [9.17, 15) is 13.2 Å². The summed E-state index contributed by atoms with van der Waals surface area (Å²) in [6.45, 7) is 2.55. The van der Waals surface area contributed by atoms with Crippen molar-refractivity contribution in [1.82, 2.24) is 4.90 Å². The molecule has 0 N–H and O–H groups in total. The number of rotatable bonds is 5. The average Bonchev–Trinajstić information content (AvgIpc) is 3.11. The summed E-state index contributed by atoms with van der Waals surface area (Å²) in [5.41, 5.74) is 2.19. The number of carbonyl (C=O) groups excluding carboxylic acids is 1. The topological polar surface area (TPSA) is 72.9 Å². The van der Waals surface area contributed by atoms with E-state index in [1.807, 2.05) is 36.4 Å². The molecule has 6 nitrogen and oxygen atoms in total. The number of para-hydroxylation sites is 2. The van der Waals surface area contributed by atoms with E-state index >= 15 is 0 Å². The second kappa shape index (κ2) is 8.06. The van der Waals surface area contributed by atoms with Crippen LogP contribution in [-0.2, 0) is 27.6 Å². The van der Waals surface area contributed by atoms with E-state index < -0.39 is 15.9 Å². The van der Waals surface area contributed by atoms with Gasteiger partial charge < -0.3 is 14.4 Å². The van der Waals surface area contributed by atoms with Crippen LogP contribution in [0.1, 0.15) is 24.5 Å². The first-order valence-electron chi connectivity index (χ1n) is 9.92. The van der Waals surface area contributed by atoms with Crippen LogP contribution >= 0.6 is 0 Å². The molecule has 2 aromatic rings. The van der Waals surface area contributed by atoms with E-state index in [4.69, 9.17) is 9.47 Å². The van der Waals surface area contributed by atoms with Crippen LogP contribution in [0.15, 0.2) is 48.5 Å². The SMILES string of the molecule is CCc1ccc(CN(C(=O)[C@@H]2COc3ccccc3O2)[C@@H]2CCS(=O)(=O)C2)cc1. The number of sulfone groups is 1. The Bertz CT molecular complexity index is 987. The molecule has 2 atom stereocenters. The Kier molecular flexibility index (Phi) is 5.50. The van der Waals surface area contributed by atoms with Crippen molar-refractivity contribution in [3.8, 4) is 11.5 Å². The van der Waals surface area contributed by atoms with E-state index in [1.54, 1.807) is 17.0 Å². The van der Waals surface area contributed by atoms with Gasteiger partial charge in [0.25, 0.3) is 5.91 Å². The fraction of sp³-hybridized carbons (Fsp3) is 0.409.